The zero-order chi connectivity index (χ0) is 15.5. The molecule has 0 aromatic carbocycles. The molecule has 0 saturated carbocycles. The van der Waals surface area contributed by atoms with E-state index >= 15 is 0 Å². The molecule has 1 saturated heterocycles. The Bertz CT molecular complexity index is 598. The van der Waals surface area contributed by atoms with Crippen LogP contribution in [0.1, 0.15) is 25.1 Å². The second kappa shape index (κ2) is 6.54. The summed E-state index contributed by atoms with van der Waals surface area (Å²) in [5.41, 5.74) is 0. The first-order chi connectivity index (χ1) is 9.92. The number of imidazole rings is 1. The van der Waals surface area contributed by atoms with Gasteiger partial charge in [-0.05, 0) is 19.3 Å². The Hall–Kier alpha value is -1.45. The Balaban J connectivity index is 1.97. The minimum atomic E-state index is -3.78. The van der Waals surface area contributed by atoms with Gasteiger partial charge in [0.2, 0.25) is 0 Å². The third kappa shape index (κ3) is 3.80. The molecule has 1 aliphatic rings. The predicted molar refractivity (Wildman–Crippen MR) is 75.8 cm³/mol. The van der Waals surface area contributed by atoms with E-state index in [2.05, 4.69) is 9.71 Å². The van der Waals surface area contributed by atoms with E-state index < -0.39 is 22.2 Å². The fourth-order valence-corrected chi connectivity index (χ4v) is 3.88. The van der Waals surface area contributed by atoms with Gasteiger partial charge in [0.25, 0.3) is 10.2 Å². The second-order valence-corrected chi connectivity index (χ2v) is 6.77. The number of aliphatic carboxylic acids is 1. The molecule has 0 radical (unpaired) electrons. The van der Waals surface area contributed by atoms with Gasteiger partial charge in [-0.2, -0.15) is 12.7 Å². The number of hydrogen-bond acceptors (Lipinski definition) is 4. The number of carboxylic acids is 1. The highest BCUT2D eigenvalue weighted by Gasteiger charge is 2.36. The smallest absolute Gasteiger partial charge is 0.322 e. The average molecular weight is 316 g/mol. The van der Waals surface area contributed by atoms with Crippen molar-refractivity contribution in [2.45, 2.75) is 31.7 Å². The lowest BCUT2D eigenvalue weighted by Crippen LogP contribution is -2.52. The number of carbonyl (C=O) groups is 1. The average Bonchev–Trinajstić information content (AvgIpc) is 2.84. The summed E-state index contributed by atoms with van der Waals surface area (Å²) in [6.45, 7) is 0.435. The maximum absolute atomic E-state index is 12.2. The molecule has 1 aromatic rings. The first-order valence-electron chi connectivity index (χ1n) is 6.87. The van der Waals surface area contributed by atoms with Crippen LogP contribution in [0.2, 0.25) is 0 Å². The maximum atomic E-state index is 12.2. The minimum absolute atomic E-state index is 0.191. The lowest BCUT2D eigenvalue weighted by Gasteiger charge is -2.31. The largest absolute Gasteiger partial charge is 0.480 e. The summed E-state index contributed by atoms with van der Waals surface area (Å²) in [4.78, 5) is 15.3. The summed E-state index contributed by atoms with van der Waals surface area (Å²) >= 11 is 0. The molecular formula is C12H20N4O4S. The fourth-order valence-electron chi connectivity index (χ4n) is 2.45. The molecule has 8 nitrogen and oxygen atoms in total. The summed E-state index contributed by atoms with van der Waals surface area (Å²) in [6, 6.07) is -0.968. The van der Waals surface area contributed by atoms with E-state index in [0.29, 0.717) is 19.3 Å². The van der Waals surface area contributed by atoms with Crippen LogP contribution in [0.3, 0.4) is 0 Å². The topological polar surface area (TPSA) is 105 Å². The molecule has 0 bridgehead atoms. The number of aromatic nitrogens is 2. The quantitative estimate of drug-likeness (QED) is 0.752. The van der Waals surface area contributed by atoms with Crippen molar-refractivity contribution in [1.29, 1.82) is 0 Å². The normalized spacial score (nSPS) is 20.5. The van der Waals surface area contributed by atoms with Crippen molar-refractivity contribution in [2.75, 3.05) is 13.1 Å². The van der Waals surface area contributed by atoms with Gasteiger partial charge in [-0.1, -0.05) is 0 Å². The van der Waals surface area contributed by atoms with Gasteiger partial charge >= 0.3 is 5.97 Å². The van der Waals surface area contributed by atoms with Crippen LogP contribution >= 0.6 is 0 Å². The summed E-state index contributed by atoms with van der Waals surface area (Å²) in [5.74, 6) is -0.324. The molecule has 0 aliphatic carbocycles. The van der Waals surface area contributed by atoms with Crippen molar-refractivity contribution in [3.8, 4) is 0 Å². The molecule has 1 atom stereocenters. The molecule has 1 fully saturated rings. The Morgan fingerprint density at radius 3 is 2.90 bits per heavy atom. The molecule has 1 aliphatic heterocycles. The second-order valence-electron chi connectivity index (χ2n) is 5.06. The number of hydrogen-bond donors (Lipinski definition) is 2. The summed E-state index contributed by atoms with van der Waals surface area (Å²) in [6.07, 6.45) is 5.66. The molecule has 2 N–H and O–H groups in total. The van der Waals surface area contributed by atoms with Crippen LogP contribution in [0.25, 0.3) is 0 Å². The van der Waals surface area contributed by atoms with Gasteiger partial charge in [0, 0.05) is 39.0 Å². The Morgan fingerprint density at radius 1 is 1.52 bits per heavy atom. The van der Waals surface area contributed by atoms with Crippen molar-refractivity contribution in [3.63, 3.8) is 0 Å². The van der Waals surface area contributed by atoms with E-state index in [-0.39, 0.29) is 13.1 Å². The fraction of sp³-hybridized carbons (Fsp3) is 0.667. The number of nitrogens with zero attached hydrogens (tertiary/aromatic N) is 3. The molecule has 1 unspecified atom stereocenters. The SMILES string of the molecule is Cn1ccnc1CCNS(=O)(=O)N1CCCCC1C(=O)O. The molecular weight excluding hydrogens is 296 g/mol. The highest BCUT2D eigenvalue weighted by atomic mass is 32.2. The molecule has 1 aromatic heterocycles. The standard InChI is InChI=1S/C12H20N4O4S/c1-15-9-7-13-11(15)5-6-14-21(19,20)16-8-3-2-4-10(16)12(17)18/h7,9-10,14H,2-6,8H2,1H3,(H,17,18). The van der Waals surface area contributed by atoms with Crippen LogP contribution in [0.5, 0.6) is 0 Å². The van der Waals surface area contributed by atoms with Crippen molar-refractivity contribution < 1.29 is 18.3 Å². The van der Waals surface area contributed by atoms with Crippen LogP contribution in [0.4, 0.5) is 0 Å². The number of rotatable bonds is 6. The van der Waals surface area contributed by atoms with E-state index in [0.717, 1.165) is 16.6 Å². The predicted octanol–water partition coefficient (Wildman–Crippen LogP) is -0.264. The Kier molecular flexibility index (Phi) is 4.96. The molecule has 21 heavy (non-hydrogen) atoms. The van der Waals surface area contributed by atoms with E-state index in [1.165, 1.54) is 0 Å². The van der Waals surface area contributed by atoms with Gasteiger partial charge in [-0.3, -0.25) is 4.79 Å². The highest BCUT2D eigenvalue weighted by molar-refractivity contribution is 7.87. The van der Waals surface area contributed by atoms with Gasteiger partial charge in [0.05, 0.1) is 0 Å². The highest BCUT2D eigenvalue weighted by Crippen LogP contribution is 2.19. The molecule has 2 heterocycles. The molecule has 2 rings (SSSR count). The first kappa shape index (κ1) is 15.9. The summed E-state index contributed by atoms with van der Waals surface area (Å²) < 4.78 is 29.8. The first-order valence-corrected chi connectivity index (χ1v) is 8.31. The monoisotopic (exact) mass is 316 g/mol. The molecule has 9 heteroatoms. The van der Waals surface area contributed by atoms with Crippen molar-refractivity contribution in [3.05, 3.63) is 18.2 Å². The number of carboxylic acid groups (broad SMARTS) is 1. The van der Waals surface area contributed by atoms with E-state index in [4.69, 9.17) is 5.11 Å². The maximum Gasteiger partial charge on any atom is 0.322 e. The van der Waals surface area contributed by atoms with Crippen molar-refractivity contribution in [1.82, 2.24) is 18.6 Å². The van der Waals surface area contributed by atoms with Gasteiger partial charge in [-0.15, -0.1) is 0 Å². The van der Waals surface area contributed by atoms with Crippen LogP contribution in [0, 0.1) is 0 Å². The van der Waals surface area contributed by atoms with Crippen LogP contribution in [-0.2, 0) is 28.5 Å². The van der Waals surface area contributed by atoms with Crippen molar-refractivity contribution >= 4 is 16.2 Å². The van der Waals surface area contributed by atoms with Gasteiger partial charge < -0.3 is 9.67 Å². The third-order valence-corrected chi connectivity index (χ3v) is 5.22. The van der Waals surface area contributed by atoms with Gasteiger partial charge in [0.1, 0.15) is 11.9 Å². The number of aryl methyl sites for hydroxylation is 1. The third-order valence-electron chi connectivity index (χ3n) is 3.60. The molecule has 118 valence electrons. The lowest BCUT2D eigenvalue weighted by molar-refractivity contribution is -0.142. The van der Waals surface area contributed by atoms with Crippen molar-refractivity contribution in [2.24, 2.45) is 7.05 Å². The molecule has 0 spiro atoms. The van der Waals surface area contributed by atoms with Gasteiger partial charge in [-0.25, -0.2) is 9.71 Å². The van der Waals surface area contributed by atoms with Crippen LogP contribution < -0.4 is 4.72 Å². The van der Waals surface area contributed by atoms with E-state index in [1.807, 2.05) is 11.6 Å². The number of piperidine rings is 1. The zero-order valence-corrected chi connectivity index (χ0v) is 12.7. The van der Waals surface area contributed by atoms with E-state index in [9.17, 15) is 13.2 Å². The Labute approximate surface area is 124 Å². The van der Waals surface area contributed by atoms with E-state index in [1.54, 1.807) is 12.4 Å². The van der Waals surface area contributed by atoms with Crippen LogP contribution in [0.15, 0.2) is 12.4 Å². The Morgan fingerprint density at radius 2 is 2.29 bits per heavy atom. The lowest BCUT2D eigenvalue weighted by atomic mass is 10.1. The molecule has 0 amide bonds. The summed E-state index contributed by atoms with van der Waals surface area (Å²) in [5, 5.41) is 9.14. The minimum Gasteiger partial charge on any atom is -0.480 e. The number of nitrogens with one attached hydrogen (secondary N) is 1. The van der Waals surface area contributed by atoms with Crippen LogP contribution in [-0.4, -0.2) is 52.5 Å². The van der Waals surface area contributed by atoms with Gasteiger partial charge in [0.15, 0.2) is 0 Å². The zero-order valence-electron chi connectivity index (χ0n) is 11.9. The summed E-state index contributed by atoms with van der Waals surface area (Å²) in [7, 11) is -1.94.